The van der Waals surface area contributed by atoms with E-state index in [1.54, 1.807) is 14.2 Å². The van der Waals surface area contributed by atoms with Crippen molar-refractivity contribution in [2.24, 2.45) is 0 Å². The standard InChI is InChI=1S/C16H26FNO3/c1-16(2,3)18-11-12-9-13(19-4)15(14(10-12)20-5)21-8-6-7-17/h9-10,18H,6-8,11H2,1-5H3. The maximum Gasteiger partial charge on any atom is 0.203 e. The zero-order valence-electron chi connectivity index (χ0n) is 13.6. The lowest BCUT2D eigenvalue weighted by molar-refractivity contribution is 0.258. The van der Waals surface area contributed by atoms with Gasteiger partial charge in [0.2, 0.25) is 5.75 Å². The highest BCUT2D eigenvalue weighted by molar-refractivity contribution is 5.53. The van der Waals surface area contributed by atoms with E-state index >= 15 is 0 Å². The summed E-state index contributed by atoms with van der Waals surface area (Å²) in [5.74, 6) is 1.71. The van der Waals surface area contributed by atoms with Crippen LogP contribution in [0.1, 0.15) is 32.8 Å². The third-order valence-corrected chi connectivity index (χ3v) is 2.87. The Bertz CT molecular complexity index is 419. The number of rotatable bonds is 8. The van der Waals surface area contributed by atoms with Crippen molar-refractivity contribution < 1.29 is 18.6 Å². The number of halogens is 1. The van der Waals surface area contributed by atoms with E-state index < -0.39 is 6.67 Å². The fraction of sp³-hybridized carbons (Fsp3) is 0.625. The van der Waals surface area contributed by atoms with Crippen LogP contribution in [0.5, 0.6) is 17.2 Å². The Morgan fingerprint density at radius 3 is 2.10 bits per heavy atom. The Balaban J connectivity index is 2.94. The van der Waals surface area contributed by atoms with Gasteiger partial charge in [0.05, 0.1) is 27.5 Å². The highest BCUT2D eigenvalue weighted by Gasteiger charge is 2.15. The van der Waals surface area contributed by atoms with Crippen LogP contribution in [0.4, 0.5) is 4.39 Å². The molecule has 0 atom stereocenters. The third kappa shape index (κ3) is 5.79. The summed E-state index contributed by atoms with van der Waals surface area (Å²) in [4.78, 5) is 0. The fourth-order valence-corrected chi connectivity index (χ4v) is 1.77. The molecular formula is C16H26FNO3. The summed E-state index contributed by atoms with van der Waals surface area (Å²) in [5.41, 5.74) is 1.06. The number of benzene rings is 1. The smallest absolute Gasteiger partial charge is 0.203 e. The quantitative estimate of drug-likeness (QED) is 0.747. The van der Waals surface area contributed by atoms with Crippen molar-refractivity contribution in [3.63, 3.8) is 0 Å². The van der Waals surface area contributed by atoms with E-state index in [-0.39, 0.29) is 5.54 Å². The molecule has 0 saturated heterocycles. The van der Waals surface area contributed by atoms with Gasteiger partial charge in [0, 0.05) is 18.5 Å². The van der Waals surface area contributed by atoms with E-state index in [1.165, 1.54) is 0 Å². The van der Waals surface area contributed by atoms with Gasteiger partial charge >= 0.3 is 0 Å². The third-order valence-electron chi connectivity index (χ3n) is 2.87. The van der Waals surface area contributed by atoms with Crippen molar-refractivity contribution in [1.82, 2.24) is 5.32 Å². The van der Waals surface area contributed by atoms with Gasteiger partial charge in [-0.1, -0.05) is 0 Å². The van der Waals surface area contributed by atoms with E-state index in [0.29, 0.717) is 36.8 Å². The first kappa shape index (κ1) is 17.6. The van der Waals surface area contributed by atoms with Crippen molar-refractivity contribution in [2.75, 3.05) is 27.5 Å². The van der Waals surface area contributed by atoms with Crippen LogP contribution in [0.15, 0.2) is 12.1 Å². The van der Waals surface area contributed by atoms with Crippen molar-refractivity contribution in [3.8, 4) is 17.2 Å². The van der Waals surface area contributed by atoms with E-state index in [2.05, 4.69) is 26.1 Å². The minimum atomic E-state index is -0.405. The van der Waals surface area contributed by atoms with Gasteiger partial charge in [-0.2, -0.15) is 0 Å². The number of hydrogen-bond acceptors (Lipinski definition) is 4. The molecule has 0 aromatic heterocycles. The lowest BCUT2D eigenvalue weighted by Crippen LogP contribution is -2.35. The Labute approximate surface area is 126 Å². The van der Waals surface area contributed by atoms with Crippen molar-refractivity contribution in [1.29, 1.82) is 0 Å². The predicted octanol–water partition coefficient (Wildman–Crippen LogP) is 3.33. The molecule has 0 amide bonds. The first-order chi connectivity index (χ1) is 9.91. The maximum absolute atomic E-state index is 12.2. The second kappa shape index (κ2) is 8.08. The van der Waals surface area contributed by atoms with Crippen LogP contribution in [-0.4, -0.2) is 33.0 Å². The topological polar surface area (TPSA) is 39.7 Å². The minimum absolute atomic E-state index is 0.0246. The van der Waals surface area contributed by atoms with E-state index in [1.807, 2.05) is 12.1 Å². The van der Waals surface area contributed by atoms with Crippen LogP contribution in [0.3, 0.4) is 0 Å². The van der Waals surface area contributed by atoms with Gasteiger partial charge in [0.15, 0.2) is 11.5 Å². The van der Waals surface area contributed by atoms with Crippen molar-refractivity contribution in [3.05, 3.63) is 17.7 Å². The average molecular weight is 299 g/mol. The predicted molar refractivity (Wildman–Crippen MR) is 82.2 cm³/mol. The van der Waals surface area contributed by atoms with Gasteiger partial charge in [0.1, 0.15) is 0 Å². The van der Waals surface area contributed by atoms with Crippen LogP contribution in [0.2, 0.25) is 0 Å². The molecule has 0 saturated carbocycles. The fourth-order valence-electron chi connectivity index (χ4n) is 1.77. The number of nitrogens with one attached hydrogen (secondary N) is 1. The summed E-state index contributed by atoms with van der Waals surface area (Å²) < 4.78 is 28.5. The molecule has 0 spiro atoms. The molecule has 0 fully saturated rings. The normalized spacial score (nSPS) is 11.3. The van der Waals surface area contributed by atoms with Gasteiger partial charge in [-0.05, 0) is 38.5 Å². The molecule has 0 radical (unpaired) electrons. The Kier molecular flexibility index (Phi) is 6.75. The van der Waals surface area contributed by atoms with Gasteiger partial charge < -0.3 is 19.5 Å². The molecule has 1 N–H and O–H groups in total. The molecule has 1 aromatic rings. The molecule has 0 aliphatic heterocycles. The van der Waals surface area contributed by atoms with Crippen LogP contribution in [-0.2, 0) is 6.54 Å². The molecule has 0 bridgehead atoms. The largest absolute Gasteiger partial charge is 0.493 e. The summed E-state index contributed by atoms with van der Waals surface area (Å²) in [5, 5.41) is 3.41. The highest BCUT2D eigenvalue weighted by atomic mass is 19.1. The van der Waals surface area contributed by atoms with Crippen LogP contribution in [0.25, 0.3) is 0 Å². The van der Waals surface area contributed by atoms with Gasteiger partial charge in [-0.3, -0.25) is 4.39 Å². The molecule has 0 unspecified atom stereocenters. The van der Waals surface area contributed by atoms with Crippen molar-refractivity contribution >= 4 is 0 Å². The molecule has 1 aromatic carbocycles. The first-order valence-corrected chi connectivity index (χ1v) is 7.10. The molecule has 0 aliphatic carbocycles. The van der Waals surface area contributed by atoms with E-state index in [0.717, 1.165) is 5.56 Å². The SMILES string of the molecule is COc1cc(CNC(C)(C)C)cc(OC)c1OCCCF. The molecule has 1 rings (SSSR count). The number of methoxy groups -OCH3 is 2. The van der Waals surface area contributed by atoms with Crippen LogP contribution in [0, 0.1) is 0 Å². The molecular weight excluding hydrogens is 273 g/mol. The second-order valence-corrected chi connectivity index (χ2v) is 5.82. The average Bonchev–Trinajstić information content (AvgIpc) is 2.44. The Hall–Kier alpha value is -1.49. The molecule has 120 valence electrons. The number of alkyl halides is 1. The molecule has 0 heterocycles. The lowest BCUT2D eigenvalue weighted by atomic mass is 10.1. The molecule has 0 aliphatic rings. The summed E-state index contributed by atoms with van der Waals surface area (Å²) in [6, 6.07) is 3.82. The van der Waals surface area contributed by atoms with E-state index in [4.69, 9.17) is 14.2 Å². The maximum atomic E-state index is 12.2. The van der Waals surface area contributed by atoms with Crippen LogP contribution < -0.4 is 19.5 Å². The molecule has 21 heavy (non-hydrogen) atoms. The lowest BCUT2D eigenvalue weighted by Gasteiger charge is -2.22. The highest BCUT2D eigenvalue weighted by Crippen LogP contribution is 2.38. The first-order valence-electron chi connectivity index (χ1n) is 7.10. The Morgan fingerprint density at radius 2 is 1.67 bits per heavy atom. The minimum Gasteiger partial charge on any atom is -0.493 e. The molecule has 5 heteroatoms. The summed E-state index contributed by atoms with van der Waals surface area (Å²) in [7, 11) is 3.16. The van der Waals surface area contributed by atoms with Gasteiger partial charge in [-0.15, -0.1) is 0 Å². The zero-order chi connectivity index (χ0) is 15.9. The summed E-state index contributed by atoms with van der Waals surface area (Å²) in [6.45, 7) is 6.91. The number of hydrogen-bond donors (Lipinski definition) is 1. The van der Waals surface area contributed by atoms with Gasteiger partial charge in [-0.25, -0.2) is 0 Å². The van der Waals surface area contributed by atoms with E-state index in [9.17, 15) is 4.39 Å². The van der Waals surface area contributed by atoms with Crippen molar-refractivity contribution in [2.45, 2.75) is 39.3 Å². The monoisotopic (exact) mass is 299 g/mol. The summed E-state index contributed by atoms with van der Waals surface area (Å²) >= 11 is 0. The second-order valence-electron chi connectivity index (χ2n) is 5.82. The zero-order valence-corrected chi connectivity index (χ0v) is 13.6. The Morgan fingerprint density at radius 1 is 1.10 bits per heavy atom. The number of ether oxygens (including phenoxy) is 3. The van der Waals surface area contributed by atoms with Crippen LogP contribution >= 0.6 is 0 Å². The van der Waals surface area contributed by atoms with Gasteiger partial charge in [0.25, 0.3) is 0 Å². The molecule has 4 nitrogen and oxygen atoms in total. The summed E-state index contributed by atoms with van der Waals surface area (Å²) in [6.07, 6.45) is 0.347.